The van der Waals surface area contributed by atoms with Crippen molar-refractivity contribution in [2.75, 3.05) is 13.2 Å². The van der Waals surface area contributed by atoms with Gasteiger partial charge < -0.3 is 14.2 Å². The topological polar surface area (TPSA) is 78.9 Å². The van der Waals surface area contributed by atoms with Gasteiger partial charge in [-0.05, 0) is 83.5 Å². The molecule has 402 valence electrons. The molecule has 0 aromatic heterocycles. The van der Waals surface area contributed by atoms with Crippen molar-refractivity contribution in [3.63, 3.8) is 0 Å². The molecule has 0 amide bonds. The maximum Gasteiger partial charge on any atom is 0.306 e. The van der Waals surface area contributed by atoms with E-state index in [4.69, 9.17) is 14.2 Å². The van der Waals surface area contributed by atoms with Crippen LogP contribution in [-0.2, 0) is 28.6 Å². The summed E-state index contributed by atoms with van der Waals surface area (Å²) >= 11 is 0. The van der Waals surface area contributed by atoms with Crippen molar-refractivity contribution in [1.29, 1.82) is 0 Å². The number of ether oxygens (including phenoxy) is 3. The Labute approximate surface area is 433 Å². The number of unbranched alkanes of at least 4 members (excludes halogenated alkanes) is 28. The van der Waals surface area contributed by atoms with Crippen LogP contribution in [0.25, 0.3) is 0 Å². The molecule has 6 heteroatoms. The third-order valence-corrected chi connectivity index (χ3v) is 12.6. The van der Waals surface area contributed by atoms with Gasteiger partial charge >= 0.3 is 17.9 Å². The van der Waals surface area contributed by atoms with E-state index in [0.29, 0.717) is 19.3 Å². The number of hydrogen-bond donors (Lipinski definition) is 0. The normalized spacial score (nSPS) is 12.7. The Hall–Kier alpha value is -3.41. The fourth-order valence-corrected chi connectivity index (χ4v) is 8.23. The summed E-state index contributed by atoms with van der Waals surface area (Å²) in [4.78, 5) is 38.2. The quantitative estimate of drug-likeness (QED) is 0.0261. The van der Waals surface area contributed by atoms with E-state index in [1.807, 2.05) is 6.08 Å². The second-order valence-electron chi connectivity index (χ2n) is 19.5. The van der Waals surface area contributed by atoms with Crippen LogP contribution in [-0.4, -0.2) is 37.2 Å². The average molecular weight is 976 g/mol. The van der Waals surface area contributed by atoms with E-state index in [9.17, 15) is 14.4 Å². The van der Waals surface area contributed by atoms with Crippen LogP contribution in [0.3, 0.4) is 0 Å². The summed E-state index contributed by atoms with van der Waals surface area (Å²) in [5.74, 6) is -0.987. The second-order valence-corrected chi connectivity index (χ2v) is 19.5. The van der Waals surface area contributed by atoms with Crippen LogP contribution in [0.15, 0.2) is 85.1 Å². The van der Waals surface area contributed by atoms with Crippen LogP contribution in [0.4, 0.5) is 0 Å². The molecule has 0 radical (unpaired) electrons. The summed E-state index contributed by atoms with van der Waals surface area (Å²) in [6.07, 6.45) is 75.9. The van der Waals surface area contributed by atoms with Crippen LogP contribution in [0, 0.1) is 0 Å². The summed E-state index contributed by atoms with van der Waals surface area (Å²) in [7, 11) is 0. The molecule has 0 saturated heterocycles. The molecule has 6 nitrogen and oxygen atoms in total. The summed E-state index contributed by atoms with van der Waals surface area (Å²) in [6, 6.07) is 0. The maximum absolute atomic E-state index is 12.9. The molecule has 0 rings (SSSR count). The minimum Gasteiger partial charge on any atom is -0.462 e. The van der Waals surface area contributed by atoms with Crippen LogP contribution >= 0.6 is 0 Å². The van der Waals surface area contributed by atoms with Gasteiger partial charge in [0.25, 0.3) is 0 Å². The van der Waals surface area contributed by atoms with Gasteiger partial charge in [0, 0.05) is 19.3 Å². The third-order valence-electron chi connectivity index (χ3n) is 12.6. The standard InChI is InChI=1S/C64H110O6/c1-4-7-10-13-16-19-22-25-28-30-32-34-36-39-42-45-48-51-54-57-63(66)69-60-61(59-68-62(65)56-53-50-47-44-41-38-35-27-24-21-18-15-12-9-6-3)70-64(67)58-55-52-49-46-43-40-37-33-31-29-26-23-20-17-14-11-8-5-2/h7,10,16,19,25,27-28,32,34-35,39,42,48,51,61H,4-6,8-9,11-15,17-18,20-24,26,29-31,33,36-38,40-41,43-47,49-50,52-60H2,1-3H3/b10-7-,19-16-,28-25-,34-32-,35-27-,42-39-,51-48-/t61-/m1/s1. The second kappa shape index (κ2) is 58.2. The predicted octanol–water partition coefficient (Wildman–Crippen LogP) is 19.9. The molecule has 0 aliphatic carbocycles. The van der Waals surface area contributed by atoms with Crippen LogP contribution in [0.1, 0.15) is 284 Å². The third kappa shape index (κ3) is 55.5. The van der Waals surface area contributed by atoms with Gasteiger partial charge in [0.1, 0.15) is 13.2 Å². The molecule has 0 heterocycles. The zero-order chi connectivity index (χ0) is 50.7. The van der Waals surface area contributed by atoms with E-state index >= 15 is 0 Å². The monoisotopic (exact) mass is 975 g/mol. The number of carbonyl (C=O) groups is 3. The van der Waals surface area contributed by atoms with Crippen LogP contribution < -0.4 is 0 Å². The molecule has 0 fully saturated rings. The number of hydrogen-bond acceptors (Lipinski definition) is 6. The van der Waals surface area contributed by atoms with Gasteiger partial charge in [0.2, 0.25) is 0 Å². The molecule has 0 aliphatic rings. The summed E-state index contributed by atoms with van der Waals surface area (Å²) in [5.41, 5.74) is 0. The molecular weight excluding hydrogens is 865 g/mol. The van der Waals surface area contributed by atoms with Gasteiger partial charge in [-0.2, -0.15) is 0 Å². The van der Waals surface area contributed by atoms with E-state index in [-0.39, 0.29) is 37.5 Å². The molecule has 0 spiro atoms. The van der Waals surface area contributed by atoms with E-state index in [2.05, 4.69) is 99.8 Å². The van der Waals surface area contributed by atoms with E-state index < -0.39 is 6.10 Å². The number of carbonyl (C=O) groups excluding carboxylic acids is 3. The Morgan fingerprint density at radius 2 is 0.586 bits per heavy atom. The van der Waals surface area contributed by atoms with Crippen LogP contribution in [0.5, 0.6) is 0 Å². The minimum atomic E-state index is -0.809. The molecule has 0 saturated carbocycles. The van der Waals surface area contributed by atoms with Crippen molar-refractivity contribution in [1.82, 2.24) is 0 Å². The lowest BCUT2D eigenvalue weighted by Gasteiger charge is -2.18. The van der Waals surface area contributed by atoms with Crippen molar-refractivity contribution in [3.05, 3.63) is 85.1 Å². The molecule has 0 unspecified atom stereocenters. The molecule has 0 aliphatic heterocycles. The highest BCUT2D eigenvalue weighted by atomic mass is 16.6. The van der Waals surface area contributed by atoms with Crippen molar-refractivity contribution in [2.45, 2.75) is 290 Å². The van der Waals surface area contributed by atoms with Crippen molar-refractivity contribution in [3.8, 4) is 0 Å². The largest absolute Gasteiger partial charge is 0.462 e. The lowest BCUT2D eigenvalue weighted by Crippen LogP contribution is -2.30. The first kappa shape index (κ1) is 66.6. The molecule has 0 aromatic rings. The lowest BCUT2D eigenvalue weighted by atomic mass is 10.0. The Bertz CT molecular complexity index is 1350. The Balaban J connectivity index is 4.48. The number of allylic oxidation sites excluding steroid dienone is 14. The summed E-state index contributed by atoms with van der Waals surface area (Å²) in [5, 5.41) is 0. The lowest BCUT2D eigenvalue weighted by molar-refractivity contribution is -0.166. The highest BCUT2D eigenvalue weighted by molar-refractivity contribution is 5.71. The molecule has 1 atom stereocenters. The predicted molar refractivity (Wildman–Crippen MR) is 302 cm³/mol. The first-order valence-corrected chi connectivity index (χ1v) is 29.6. The highest BCUT2D eigenvalue weighted by Crippen LogP contribution is 2.16. The van der Waals surface area contributed by atoms with Gasteiger partial charge in [-0.1, -0.05) is 266 Å². The molecule has 0 bridgehead atoms. The number of esters is 3. The summed E-state index contributed by atoms with van der Waals surface area (Å²) in [6.45, 7) is 6.48. The van der Waals surface area contributed by atoms with Crippen molar-refractivity contribution < 1.29 is 28.6 Å². The first-order valence-electron chi connectivity index (χ1n) is 29.6. The van der Waals surface area contributed by atoms with E-state index in [1.165, 1.54) is 154 Å². The van der Waals surface area contributed by atoms with Gasteiger partial charge in [-0.15, -0.1) is 0 Å². The zero-order valence-electron chi connectivity index (χ0n) is 46.0. The van der Waals surface area contributed by atoms with Crippen molar-refractivity contribution >= 4 is 17.9 Å². The Morgan fingerprint density at radius 1 is 0.300 bits per heavy atom. The Morgan fingerprint density at radius 3 is 0.957 bits per heavy atom. The average Bonchev–Trinajstić information content (AvgIpc) is 3.36. The van der Waals surface area contributed by atoms with Gasteiger partial charge in [-0.25, -0.2) is 0 Å². The fourth-order valence-electron chi connectivity index (χ4n) is 8.23. The molecule has 0 N–H and O–H groups in total. The van der Waals surface area contributed by atoms with Gasteiger partial charge in [0.15, 0.2) is 6.10 Å². The fraction of sp³-hybridized carbons (Fsp3) is 0.734. The van der Waals surface area contributed by atoms with Crippen molar-refractivity contribution in [2.24, 2.45) is 0 Å². The summed E-state index contributed by atoms with van der Waals surface area (Å²) < 4.78 is 16.8. The molecular formula is C64H110O6. The van der Waals surface area contributed by atoms with Crippen LogP contribution in [0.2, 0.25) is 0 Å². The van der Waals surface area contributed by atoms with Gasteiger partial charge in [-0.3, -0.25) is 14.4 Å². The maximum atomic E-state index is 12.9. The van der Waals surface area contributed by atoms with Gasteiger partial charge in [0.05, 0.1) is 0 Å². The van der Waals surface area contributed by atoms with E-state index in [1.54, 1.807) is 0 Å². The minimum absolute atomic E-state index is 0.102. The SMILES string of the molecule is CC/C=C\C/C=C\C/C=C\C/C=C\C/C=C\C/C=C\CCC(=O)OC[C@@H](COC(=O)CCCCCCC/C=C\CCCCCCCC)OC(=O)CCCCCCCCCCCCCCCCCCCC. The highest BCUT2D eigenvalue weighted by Gasteiger charge is 2.19. The first-order chi connectivity index (χ1) is 34.5. The zero-order valence-corrected chi connectivity index (χ0v) is 46.0. The smallest absolute Gasteiger partial charge is 0.306 e. The van der Waals surface area contributed by atoms with E-state index in [0.717, 1.165) is 83.5 Å². The Kier molecular flexibility index (Phi) is 55.3. The molecule has 0 aromatic carbocycles. The number of rotatable bonds is 53. The molecule has 70 heavy (non-hydrogen) atoms.